The van der Waals surface area contributed by atoms with E-state index in [-0.39, 0.29) is 33.0 Å². The molecule has 1 N–H and O–H groups in total. The predicted molar refractivity (Wildman–Crippen MR) is 106 cm³/mol. The van der Waals surface area contributed by atoms with Crippen molar-refractivity contribution in [1.82, 2.24) is 4.57 Å². The van der Waals surface area contributed by atoms with Gasteiger partial charge in [-0.2, -0.15) is 13.2 Å². The van der Waals surface area contributed by atoms with Crippen molar-refractivity contribution in [3.63, 3.8) is 0 Å². The number of carboxylic acids is 1. The van der Waals surface area contributed by atoms with Crippen LogP contribution in [0, 0.1) is 6.92 Å². The summed E-state index contributed by atoms with van der Waals surface area (Å²) in [6.45, 7) is 1.58. The molecule has 0 fully saturated rings. The molecule has 0 amide bonds. The van der Waals surface area contributed by atoms with Crippen LogP contribution in [0.1, 0.15) is 21.6 Å². The van der Waals surface area contributed by atoms with Gasteiger partial charge in [-0.15, -0.1) is 11.3 Å². The van der Waals surface area contributed by atoms with Crippen molar-refractivity contribution < 1.29 is 32.6 Å². The summed E-state index contributed by atoms with van der Waals surface area (Å²) in [6.07, 6.45) is -0.341. The number of aromatic nitrogens is 1. The molecule has 0 unspecified atom stereocenters. The summed E-state index contributed by atoms with van der Waals surface area (Å²) in [5.41, 5.74) is -3.27. The van der Waals surface area contributed by atoms with Crippen LogP contribution >= 0.6 is 34.7 Å². The fraction of sp³-hybridized carbons (Fsp3) is 0.222. The lowest BCUT2D eigenvalue weighted by atomic mass is 10.1. The maximum absolute atomic E-state index is 13.1. The molecular weight excluding hydrogens is 451 g/mol. The Morgan fingerprint density at radius 2 is 2.00 bits per heavy atom. The first-order valence-corrected chi connectivity index (χ1v) is 10.1. The van der Waals surface area contributed by atoms with E-state index in [0.29, 0.717) is 27.9 Å². The molecule has 0 aliphatic rings. The number of halogens is 4. The van der Waals surface area contributed by atoms with Gasteiger partial charge in [-0.1, -0.05) is 11.6 Å². The van der Waals surface area contributed by atoms with Crippen molar-refractivity contribution >= 4 is 57.5 Å². The number of methoxy groups -OCH3 is 1. The molecule has 0 spiro atoms. The van der Waals surface area contributed by atoms with E-state index in [1.165, 1.54) is 29.2 Å². The van der Waals surface area contributed by atoms with Gasteiger partial charge < -0.3 is 9.84 Å². The van der Waals surface area contributed by atoms with Crippen LogP contribution in [0.25, 0.3) is 10.9 Å². The summed E-state index contributed by atoms with van der Waals surface area (Å²) in [7, 11) is 1.41. The minimum atomic E-state index is -4.46. The molecule has 154 valence electrons. The molecule has 5 nitrogen and oxygen atoms in total. The van der Waals surface area contributed by atoms with Gasteiger partial charge in [-0.25, -0.2) is 0 Å². The van der Waals surface area contributed by atoms with Crippen LogP contribution in [-0.4, -0.2) is 34.2 Å². The van der Waals surface area contributed by atoms with E-state index >= 15 is 0 Å². The van der Waals surface area contributed by atoms with Crippen molar-refractivity contribution in [2.45, 2.75) is 23.1 Å². The second-order valence-electron chi connectivity index (χ2n) is 5.98. The Balaban J connectivity index is 2.15. The van der Waals surface area contributed by atoms with Crippen molar-refractivity contribution in [2.75, 3.05) is 7.11 Å². The second kappa shape index (κ2) is 7.92. The SMILES string of the molecule is COc1cc2c(CC(=O)O)c(C)n(C(=O)c3csc(SC(F)(F)F)c3)c2cc1Cl. The number of alkyl halides is 3. The summed E-state index contributed by atoms with van der Waals surface area (Å²) < 4.78 is 44.1. The van der Waals surface area contributed by atoms with Crippen molar-refractivity contribution in [3.05, 3.63) is 45.4 Å². The Morgan fingerprint density at radius 3 is 2.59 bits per heavy atom. The number of carboxylic acid groups (broad SMARTS) is 1. The van der Waals surface area contributed by atoms with E-state index in [0.717, 1.165) is 11.3 Å². The molecule has 1 aromatic carbocycles. The van der Waals surface area contributed by atoms with Crippen LogP contribution in [0.2, 0.25) is 5.02 Å². The lowest BCUT2D eigenvalue weighted by Crippen LogP contribution is -2.13. The highest BCUT2D eigenvalue weighted by molar-refractivity contribution is 8.01. The molecule has 0 atom stereocenters. The molecule has 0 saturated heterocycles. The molecule has 0 bridgehead atoms. The molecule has 2 heterocycles. The number of hydrogen-bond acceptors (Lipinski definition) is 5. The molecular formula is C18H13ClF3NO4S2. The predicted octanol–water partition coefficient (Wildman–Crippen LogP) is 5.60. The number of benzene rings is 1. The minimum absolute atomic E-state index is 0.0653. The van der Waals surface area contributed by atoms with E-state index in [2.05, 4.69) is 0 Å². The third kappa shape index (κ3) is 4.39. The summed E-state index contributed by atoms with van der Waals surface area (Å²) in [4.78, 5) is 24.4. The summed E-state index contributed by atoms with van der Waals surface area (Å²) >= 11 is 6.69. The van der Waals surface area contributed by atoms with Crippen LogP contribution in [0.4, 0.5) is 13.2 Å². The molecule has 2 aromatic heterocycles. The van der Waals surface area contributed by atoms with Gasteiger partial charge in [0.25, 0.3) is 5.91 Å². The maximum Gasteiger partial charge on any atom is 0.447 e. The number of thiophene rings is 1. The number of fused-ring (bicyclic) bond motifs is 1. The molecule has 29 heavy (non-hydrogen) atoms. The Morgan fingerprint density at radius 1 is 1.31 bits per heavy atom. The quantitative estimate of drug-likeness (QED) is 0.499. The van der Waals surface area contributed by atoms with E-state index < -0.39 is 17.4 Å². The third-order valence-corrected chi connectivity index (χ3v) is 6.28. The number of nitrogens with zero attached hydrogens (tertiary/aromatic N) is 1. The minimum Gasteiger partial charge on any atom is -0.495 e. The van der Waals surface area contributed by atoms with Gasteiger partial charge in [0.2, 0.25) is 0 Å². The van der Waals surface area contributed by atoms with Crippen LogP contribution < -0.4 is 4.74 Å². The van der Waals surface area contributed by atoms with Crippen molar-refractivity contribution in [1.29, 1.82) is 0 Å². The standard InChI is InChI=1S/C18H13ClF3NO4S2/c1-8-10(5-15(24)25)11-4-14(27-2)12(19)6-13(11)23(8)17(26)9-3-16(28-7-9)29-18(20,21)22/h3-4,6-7H,5H2,1-2H3,(H,24,25). The summed E-state index contributed by atoms with van der Waals surface area (Å²) in [6, 6.07) is 4.19. The van der Waals surface area contributed by atoms with Gasteiger partial charge in [0.15, 0.2) is 0 Å². The summed E-state index contributed by atoms with van der Waals surface area (Å²) in [5.74, 6) is -1.35. The van der Waals surface area contributed by atoms with Crippen LogP contribution in [0.15, 0.2) is 27.8 Å². The normalized spacial score (nSPS) is 11.8. The highest BCUT2D eigenvalue weighted by Crippen LogP contribution is 2.41. The van der Waals surface area contributed by atoms with Crippen LogP contribution in [0.5, 0.6) is 5.75 Å². The first-order valence-electron chi connectivity index (χ1n) is 8.00. The van der Waals surface area contributed by atoms with Gasteiger partial charge in [0.05, 0.1) is 33.8 Å². The largest absolute Gasteiger partial charge is 0.495 e. The van der Waals surface area contributed by atoms with E-state index in [4.69, 9.17) is 16.3 Å². The number of carbonyl (C=O) groups excluding carboxylic acids is 1. The molecule has 0 aliphatic heterocycles. The first-order chi connectivity index (χ1) is 13.5. The zero-order valence-corrected chi connectivity index (χ0v) is 17.4. The summed E-state index contributed by atoms with van der Waals surface area (Å²) in [5, 5.41) is 11.3. The highest BCUT2D eigenvalue weighted by Gasteiger charge is 2.31. The van der Waals surface area contributed by atoms with E-state index in [1.807, 2.05) is 0 Å². The molecule has 0 radical (unpaired) electrons. The fourth-order valence-corrected chi connectivity index (χ4v) is 4.87. The Bertz CT molecular complexity index is 1120. The topological polar surface area (TPSA) is 68.5 Å². The lowest BCUT2D eigenvalue weighted by molar-refractivity contribution is -0.136. The number of hydrogen-bond donors (Lipinski definition) is 1. The fourth-order valence-electron chi connectivity index (χ4n) is 3.00. The van der Waals surface area contributed by atoms with Crippen molar-refractivity contribution in [3.8, 4) is 5.75 Å². The highest BCUT2D eigenvalue weighted by atomic mass is 35.5. The van der Waals surface area contributed by atoms with Gasteiger partial charge in [-0.05, 0) is 42.4 Å². The van der Waals surface area contributed by atoms with Crippen LogP contribution in [0.3, 0.4) is 0 Å². The van der Waals surface area contributed by atoms with Crippen LogP contribution in [-0.2, 0) is 11.2 Å². The smallest absolute Gasteiger partial charge is 0.447 e. The van der Waals surface area contributed by atoms with E-state index in [9.17, 15) is 27.9 Å². The lowest BCUT2D eigenvalue weighted by Gasteiger charge is -2.07. The first kappa shape index (κ1) is 21.5. The zero-order valence-electron chi connectivity index (χ0n) is 15.0. The maximum atomic E-state index is 13.1. The molecule has 3 aromatic rings. The third-order valence-electron chi connectivity index (χ3n) is 4.18. The monoisotopic (exact) mass is 463 g/mol. The Hall–Kier alpha value is -2.17. The zero-order chi connectivity index (χ0) is 21.5. The average molecular weight is 464 g/mol. The van der Waals surface area contributed by atoms with Crippen molar-refractivity contribution in [2.24, 2.45) is 0 Å². The van der Waals surface area contributed by atoms with E-state index in [1.54, 1.807) is 13.0 Å². The second-order valence-corrected chi connectivity index (χ2v) is 8.66. The van der Waals surface area contributed by atoms with Gasteiger partial charge in [0, 0.05) is 16.5 Å². The molecule has 3 rings (SSSR count). The number of rotatable bonds is 5. The number of carbonyl (C=O) groups is 2. The number of ether oxygens (including phenoxy) is 1. The average Bonchev–Trinajstić information content (AvgIpc) is 3.15. The molecule has 0 aliphatic carbocycles. The Labute approximate surface area is 176 Å². The van der Waals surface area contributed by atoms with Gasteiger partial charge in [0.1, 0.15) is 5.75 Å². The Kier molecular flexibility index (Phi) is 5.88. The van der Waals surface area contributed by atoms with Gasteiger partial charge in [-0.3, -0.25) is 14.2 Å². The molecule has 0 saturated carbocycles. The molecule has 11 heteroatoms. The van der Waals surface area contributed by atoms with Gasteiger partial charge >= 0.3 is 11.5 Å². The number of thioether (sulfide) groups is 1. The number of aliphatic carboxylic acids is 1.